The molecule has 1 aromatic heterocycles. The summed E-state index contributed by atoms with van der Waals surface area (Å²) in [4.78, 5) is 18.1. The van der Waals surface area contributed by atoms with Crippen LogP contribution in [0.25, 0.3) is 0 Å². The largest absolute Gasteiger partial charge is 0.433 e. The molecule has 1 unspecified atom stereocenters. The summed E-state index contributed by atoms with van der Waals surface area (Å²) < 4.78 is 43.5. The van der Waals surface area contributed by atoms with E-state index in [1.807, 2.05) is 0 Å². The second-order valence-corrected chi connectivity index (χ2v) is 3.94. The minimum atomic E-state index is -4.72. The molecule has 2 heterocycles. The van der Waals surface area contributed by atoms with Crippen LogP contribution in [0.4, 0.5) is 30.6 Å². The van der Waals surface area contributed by atoms with E-state index < -0.39 is 31.2 Å². The molecule has 8 nitrogen and oxygen atoms in total. The summed E-state index contributed by atoms with van der Waals surface area (Å²) in [6.07, 6.45) is -7.06. The highest BCUT2D eigenvalue weighted by Crippen LogP contribution is 2.34. The number of aliphatic hydroxyl groups is 1. The molecule has 5 N–H and O–H groups in total. The van der Waals surface area contributed by atoms with Gasteiger partial charge in [0.05, 0.1) is 19.9 Å². The van der Waals surface area contributed by atoms with E-state index in [0.717, 1.165) is 4.90 Å². The second-order valence-electron chi connectivity index (χ2n) is 3.94. The highest BCUT2D eigenvalue weighted by atomic mass is 19.4. The Morgan fingerprint density at radius 2 is 2.25 bits per heavy atom. The van der Waals surface area contributed by atoms with E-state index in [2.05, 4.69) is 20.0 Å². The normalized spacial score (nSPS) is 15.9. The van der Waals surface area contributed by atoms with Crippen molar-refractivity contribution in [1.82, 2.24) is 9.97 Å². The summed E-state index contributed by atoms with van der Waals surface area (Å²) in [7, 11) is 0. The number of aromatic nitrogens is 2. The van der Waals surface area contributed by atoms with Gasteiger partial charge in [-0.05, 0) is 0 Å². The van der Waals surface area contributed by atoms with Crippen molar-refractivity contribution in [3.63, 3.8) is 0 Å². The number of ether oxygens (including phenoxy) is 1. The molecule has 0 fully saturated rings. The zero-order chi connectivity index (χ0) is 14.9. The average molecular weight is 295 g/mol. The molecule has 0 aliphatic carbocycles. The van der Waals surface area contributed by atoms with Crippen molar-refractivity contribution in [3.8, 4) is 0 Å². The number of aliphatic hydroxyl groups excluding tert-OH is 1. The van der Waals surface area contributed by atoms with Crippen LogP contribution in [0.1, 0.15) is 0 Å². The molecule has 1 atom stereocenters. The Morgan fingerprint density at radius 1 is 1.55 bits per heavy atom. The Hall–Kier alpha value is -2.01. The molecule has 0 amide bonds. The van der Waals surface area contributed by atoms with E-state index in [0.29, 0.717) is 0 Å². The molecule has 0 spiro atoms. The number of fused-ring (bicyclic) bond motifs is 1. The number of hydrogen-bond acceptors (Lipinski definition) is 7. The van der Waals surface area contributed by atoms with Crippen molar-refractivity contribution in [3.05, 3.63) is 10.4 Å². The first-order chi connectivity index (χ1) is 9.34. The number of halogens is 3. The zero-order valence-corrected chi connectivity index (χ0v) is 10.1. The maximum Gasteiger partial charge on any atom is 0.433 e. The van der Waals surface area contributed by atoms with Crippen LogP contribution >= 0.6 is 0 Å². The smallest absolute Gasteiger partial charge is 0.394 e. The molecular formula is C9H12F3N5O3. The summed E-state index contributed by atoms with van der Waals surface area (Å²) in [6.45, 7) is -1.38. The number of nitrogen functional groups attached to an aromatic ring is 1. The van der Waals surface area contributed by atoms with Crippen LogP contribution in [-0.2, 0) is 4.74 Å². The van der Waals surface area contributed by atoms with E-state index in [1.165, 1.54) is 0 Å². The zero-order valence-electron chi connectivity index (χ0n) is 10.1. The average Bonchev–Trinajstić information content (AvgIpc) is 2.72. The van der Waals surface area contributed by atoms with Gasteiger partial charge in [-0.15, -0.1) is 0 Å². The van der Waals surface area contributed by atoms with Crippen LogP contribution < -0.4 is 21.5 Å². The summed E-state index contributed by atoms with van der Waals surface area (Å²) >= 11 is 0. The monoisotopic (exact) mass is 295 g/mol. The van der Waals surface area contributed by atoms with Gasteiger partial charge in [0.2, 0.25) is 12.2 Å². The maximum atomic E-state index is 13.0. The number of H-pyrrole nitrogens is 1. The fourth-order valence-electron chi connectivity index (χ4n) is 1.80. The molecular weight excluding hydrogens is 283 g/mol. The third-order valence-corrected chi connectivity index (χ3v) is 2.55. The number of hydrogen-bond donors (Lipinski definition) is 4. The molecule has 0 radical (unpaired) electrons. The van der Waals surface area contributed by atoms with Crippen molar-refractivity contribution < 1.29 is 23.0 Å². The first kappa shape index (κ1) is 14.4. The Balaban J connectivity index is 2.37. The van der Waals surface area contributed by atoms with Gasteiger partial charge in [-0.2, -0.15) is 18.2 Å². The second kappa shape index (κ2) is 5.17. The minimum Gasteiger partial charge on any atom is -0.394 e. The van der Waals surface area contributed by atoms with Crippen LogP contribution in [0.15, 0.2) is 4.79 Å². The van der Waals surface area contributed by atoms with Gasteiger partial charge in [0.1, 0.15) is 5.69 Å². The van der Waals surface area contributed by atoms with Crippen LogP contribution in [-0.4, -0.2) is 47.4 Å². The number of nitrogens with one attached hydrogen (secondary N) is 2. The Morgan fingerprint density at radius 3 is 2.85 bits per heavy atom. The van der Waals surface area contributed by atoms with E-state index in [4.69, 9.17) is 10.8 Å². The number of anilines is 3. The third-order valence-electron chi connectivity index (χ3n) is 2.55. The summed E-state index contributed by atoms with van der Waals surface area (Å²) in [5.74, 6) is -0.544. The van der Waals surface area contributed by atoms with Gasteiger partial charge in [-0.1, -0.05) is 0 Å². The number of nitrogens with zero attached hydrogens (tertiary/aromatic N) is 2. The Labute approximate surface area is 110 Å². The van der Waals surface area contributed by atoms with Gasteiger partial charge < -0.3 is 25.8 Å². The first-order valence-corrected chi connectivity index (χ1v) is 5.54. The molecule has 2 rings (SSSR count). The maximum absolute atomic E-state index is 13.0. The van der Waals surface area contributed by atoms with Crippen molar-refractivity contribution >= 4 is 17.5 Å². The molecule has 11 heteroatoms. The molecule has 112 valence electrons. The van der Waals surface area contributed by atoms with E-state index in [-0.39, 0.29) is 24.1 Å². The topological polar surface area (TPSA) is 116 Å². The molecule has 0 saturated heterocycles. The van der Waals surface area contributed by atoms with Crippen molar-refractivity contribution in [2.45, 2.75) is 12.4 Å². The lowest BCUT2D eigenvalue weighted by molar-refractivity contribution is -0.221. The molecule has 1 aromatic rings. The number of alkyl halides is 3. The van der Waals surface area contributed by atoms with E-state index >= 15 is 0 Å². The quantitative estimate of drug-likeness (QED) is 0.588. The fourth-order valence-corrected chi connectivity index (χ4v) is 1.80. The number of rotatable bonds is 4. The molecule has 20 heavy (non-hydrogen) atoms. The fraction of sp³-hybridized carbons (Fsp3) is 0.556. The van der Waals surface area contributed by atoms with Gasteiger partial charge in [-0.3, -0.25) is 9.78 Å². The molecule has 0 aromatic carbocycles. The highest BCUT2D eigenvalue weighted by molar-refractivity contribution is 5.71. The van der Waals surface area contributed by atoms with Crippen molar-refractivity contribution in [1.29, 1.82) is 0 Å². The van der Waals surface area contributed by atoms with E-state index in [1.54, 1.807) is 0 Å². The molecule has 0 saturated carbocycles. The predicted octanol–water partition coefficient (Wildman–Crippen LogP) is -0.561. The minimum absolute atomic E-state index is 0.110. The SMILES string of the molecule is Nc1nc2c(c(=O)[nH]1)NCN2C(OCCO)C(F)(F)F. The Kier molecular flexibility index (Phi) is 3.72. The highest BCUT2D eigenvalue weighted by Gasteiger charge is 2.47. The number of aromatic amines is 1. The lowest BCUT2D eigenvalue weighted by Gasteiger charge is -2.29. The van der Waals surface area contributed by atoms with Crippen molar-refractivity contribution in [2.24, 2.45) is 0 Å². The molecule has 1 aliphatic rings. The van der Waals surface area contributed by atoms with Gasteiger partial charge in [0.25, 0.3) is 5.56 Å². The van der Waals surface area contributed by atoms with E-state index in [9.17, 15) is 18.0 Å². The Bertz CT molecular complexity index is 547. The summed E-state index contributed by atoms with van der Waals surface area (Å²) in [5, 5.41) is 11.1. The lowest BCUT2D eigenvalue weighted by atomic mass is 10.4. The molecule has 1 aliphatic heterocycles. The van der Waals surface area contributed by atoms with Gasteiger partial charge in [0.15, 0.2) is 5.82 Å². The van der Waals surface area contributed by atoms with Gasteiger partial charge in [0, 0.05) is 0 Å². The summed E-state index contributed by atoms with van der Waals surface area (Å²) in [5.41, 5.74) is 4.54. The van der Waals surface area contributed by atoms with Crippen LogP contribution in [0.3, 0.4) is 0 Å². The number of nitrogens with two attached hydrogens (primary N) is 1. The first-order valence-electron chi connectivity index (χ1n) is 5.54. The van der Waals surface area contributed by atoms with Gasteiger partial charge in [-0.25, -0.2) is 0 Å². The standard InChI is InChI=1S/C9H12F3N5O3/c10-9(11,12)7(20-2-1-18)17-3-14-4-5(17)15-8(13)16-6(4)19/h7,14,18H,1-3H2,(H3,13,15,16,19). The van der Waals surface area contributed by atoms with Crippen molar-refractivity contribution in [2.75, 3.05) is 35.8 Å². The molecule has 0 bridgehead atoms. The lowest BCUT2D eigenvalue weighted by Crippen LogP contribution is -2.48. The predicted molar refractivity (Wildman–Crippen MR) is 63.1 cm³/mol. The van der Waals surface area contributed by atoms with Crippen LogP contribution in [0.2, 0.25) is 0 Å². The summed E-state index contributed by atoms with van der Waals surface area (Å²) in [6, 6.07) is 0. The van der Waals surface area contributed by atoms with Crippen LogP contribution in [0.5, 0.6) is 0 Å². The third kappa shape index (κ3) is 2.63. The van der Waals surface area contributed by atoms with Gasteiger partial charge >= 0.3 is 6.18 Å². The van der Waals surface area contributed by atoms with Crippen LogP contribution in [0, 0.1) is 0 Å².